The maximum absolute atomic E-state index is 11.8. The van der Waals surface area contributed by atoms with Gasteiger partial charge in [-0.15, -0.1) is 5.10 Å². The predicted octanol–water partition coefficient (Wildman–Crippen LogP) is 1.52. The molecule has 88 valence electrons. The number of hydrogen-bond acceptors (Lipinski definition) is 5. The van der Waals surface area contributed by atoms with E-state index in [1.165, 1.54) is 0 Å². The minimum Gasteiger partial charge on any atom is -0.408 e. The van der Waals surface area contributed by atoms with Gasteiger partial charge in [-0.25, -0.2) is 0 Å². The number of nitrogens with zero attached hydrogens (tertiary/aromatic N) is 2. The molecular formula is C11H12N4O2. The molecular weight excluding hydrogens is 220 g/mol. The third-order valence-electron chi connectivity index (χ3n) is 2.29. The lowest BCUT2D eigenvalue weighted by atomic mass is 10.1. The van der Waals surface area contributed by atoms with E-state index >= 15 is 0 Å². The highest BCUT2D eigenvalue weighted by Gasteiger charge is 2.10. The molecule has 1 aromatic heterocycles. The molecule has 1 heterocycles. The number of aryl methyl sites for hydroxylation is 2. The van der Waals surface area contributed by atoms with Crippen molar-refractivity contribution in [2.24, 2.45) is 0 Å². The molecule has 6 nitrogen and oxygen atoms in total. The SMILES string of the molecule is Cc1nnc(NC(=O)c2ccc(C)c(N)c2)o1. The number of carbonyl (C=O) groups is 1. The third kappa shape index (κ3) is 2.41. The first kappa shape index (κ1) is 11.1. The van der Waals surface area contributed by atoms with Crippen molar-refractivity contribution in [2.75, 3.05) is 11.1 Å². The Balaban J connectivity index is 2.17. The smallest absolute Gasteiger partial charge is 0.322 e. The van der Waals surface area contributed by atoms with E-state index in [2.05, 4.69) is 15.5 Å². The number of rotatable bonds is 2. The first-order valence-corrected chi connectivity index (χ1v) is 5.04. The van der Waals surface area contributed by atoms with E-state index in [1.54, 1.807) is 25.1 Å². The predicted molar refractivity (Wildman–Crippen MR) is 62.6 cm³/mol. The number of nitrogens with two attached hydrogens (primary N) is 1. The van der Waals surface area contributed by atoms with Crippen molar-refractivity contribution < 1.29 is 9.21 Å². The summed E-state index contributed by atoms with van der Waals surface area (Å²) in [6, 6.07) is 5.15. The van der Waals surface area contributed by atoms with Crippen LogP contribution in [-0.4, -0.2) is 16.1 Å². The van der Waals surface area contributed by atoms with Gasteiger partial charge in [0.15, 0.2) is 0 Å². The summed E-state index contributed by atoms with van der Waals surface area (Å²) in [7, 11) is 0. The molecule has 0 aliphatic carbocycles. The summed E-state index contributed by atoms with van der Waals surface area (Å²) in [6.45, 7) is 3.52. The highest BCUT2D eigenvalue weighted by atomic mass is 16.4. The van der Waals surface area contributed by atoms with Crippen molar-refractivity contribution in [3.05, 3.63) is 35.2 Å². The second kappa shape index (κ2) is 4.25. The third-order valence-corrected chi connectivity index (χ3v) is 2.29. The molecule has 0 aliphatic heterocycles. The van der Waals surface area contributed by atoms with Gasteiger partial charge in [0.05, 0.1) is 0 Å². The number of amides is 1. The van der Waals surface area contributed by atoms with Crippen molar-refractivity contribution in [1.82, 2.24) is 10.2 Å². The zero-order valence-electron chi connectivity index (χ0n) is 9.52. The highest BCUT2D eigenvalue weighted by molar-refractivity contribution is 6.03. The van der Waals surface area contributed by atoms with Crippen LogP contribution in [0.1, 0.15) is 21.8 Å². The summed E-state index contributed by atoms with van der Waals surface area (Å²) in [4.78, 5) is 11.8. The Bertz CT molecular complexity index is 562. The second-order valence-corrected chi connectivity index (χ2v) is 3.65. The Labute approximate surface area is 97.8 Å². The van der Waals surface area contributed by atoms with Crippen molar-refractivity contribution in [1.29, 1.82) is 0 Å². The fourth-order valence-corrected chi connectivity index (χ4v) is 1.30. The number of carbonyl (C=O) groups excluding carboxylic acids is 1. The van der Waals surface area contributed by atoms with Crippen LogP contribution in [0.15, 0.2) is 22.6 Å². The average molecular weight is 232 g/mol. The summed E-state index contributed by atoms with van der Waals surface area (Å²) in [6.07, 6.45) is 0. The molecule has 3 N–H and O–H groups in total. The molecule has 2 aromatic rings. The molecule has 2 rings (SSSR count). The number of aromatic nitrogens is 2. The van der Waals surface area contributed by atoms with E-state index in [-0.39, 0.29) is 11.9 Å². The fraction of sp³-hybridized carbons (Fsp3) is 0.182. The van der Waals surface area contributed by atoms with E-state index < -0.39 is 0 Å². The Morgan fingerprint density at radius 3 is 2.71 bits per heavy atom. The van der Waals surface area contributed by atoms with Gasteiger partial charge in [0.1, 0.15) is 0 Å². The van der Waals surface area contributed by atoms with Crippen LogP contribution in [0.2, 0.25) is 0 Å². The van der Waals surface area contributed by atoms with E-state index in [4.69, 9.17) is 10.2 Å². The topological polar surface area (TPSA) is 94.0 Å². The quantitative estimate of drug-likeness (QED) is 0.765. The van der Waals surface area contributed by atoms with Crippen molar-refractivity contribution in [3.8, 4) is 0 Å². The van der Waals surface area contributed by atoms with Gasteiger partial charge in [0.25, 0.3) is 5.91 Å². The molecule has 0 aliphatic rings. The van der Waals surface area contributed by atoms with E-state index in [0.29, 0.717) is 17.1 Å². The van der Waals surface area contributed by atoms with Crippen molar-refractivity contribution >= 4 is 17.6 Å². The summed E-state index contributed by atoms with van der Waals surface area (Å²) < 4.78 is 5.04. The number of hydrogen-bond donors (Lipinski definition) is 2. The zero-order valence-corrected chi connectivity index (χ0v) is 9.52. The number of nitrogens with one attached hydrogen (secondary N) is 1. The average Bonchev–Trinajstić information content (AvgIpc) is 2.68. The largest absolute Gasteiger partial charge is 0.408 e. The molecule has 0 saturated carbocycles. The van der Waals surface area contributed by atoms with Crippen LogP contribution in [-0.2, 0) is 0 Å². The van der Waals surface area contributed by atoms with E-state index in [0.717, 1.165) is 5.56 Å². The van der Waals surface area contributed by atoms with E-state index in [9.17, 15) is 4.79 Å². The van der Waals surface area contributed by atoms with Crippen LogP contribution in [0, 0.1) is 13.8 Å². The van der Waals surface area contributed by atoms with Crippen LogP contribution >= 0.6 is 0 Å². The lowest BCUT2D eigenvalue weighted by molar-refractivity contribution is 0.102. The maximum atomic E-state index is 11.8. The molecule has 0 atom stereocenters. The van der Waals surface area contributed by atoms with Crippen LogP contribution in [0.4, 0.5) is 11.7 Å². The number of nitrogen functional groups attached to an aromatic ring is 1. The van der Waals surface area contributed by atoms with Crippen LogP contribution < -0.4 is 11.1 Å². The first-order valence-electron chi connectivity index (χ1n) is 5.04. The van der Waals surface area contributed by atoms with Gasteiger partial charge in [0, 0.05) is 18.2 Å². The normalized spacial score (nSPS) is 10.2. The zero-order chi connectivity index (χ0) is 12.4. The Hall–Kier alpha value is -2.37. The van der Waals surface area contributed by atoms with Crippen LogP contribution in [0.25, 0.3) is 0 Å². The lowest BCUT2D eigenvalue weighted by Crippen LogP contribution is -2.12. The fourth-order valence-electron chi connectivity index (χ4n) is 1.30. The molecule has 1 amide bonds. The summed E-state index contributed by atoms with van der Waals surface area (Å²) in [5.74, 6) is 0.0593. The molecule has 0 unspecified atom stereocenters. The Kier molecular flexibility index (Phi) is 2.78. The molecule has 0 saturated heterocycles. The highest BCUT2D eigenvalue weighted by Crippen LogP contribution is 2.14. The standard InChI is InChI=1S/C11H12N4O2/c1-6-3-4-8(5-9(6)12)10(16)13-11-15-14-7(2)17-11/h3-5H,12H2,1-2H3,(H,13,15,16). The number of benzene rings is 1. The molecule has 1 aromatic carbocycles. The van der Waals surface area contributed by atoms with Crippen LogP contribution in [0.3, 0.4) is 0 Å². The minimum absolute atomic E-state index is 0.0756. The summed E-state index contributed by atoms with van der Waals surface area (Å²) >= 11 is 0. The van der Waals surface area contributed by atoms with Gasteiger partial charge in [0.2, 0.25) is 5.89 Å². The molecule has 0 radical (unpaired) electrons. The second-order valence-electron chi connectivity index (χ2n) is 3.65. The van der Waals surface area contributed by atoms with Crippen molar-refractivity contribution in [2.45, 2.75) is 13.8 Å². The first-order chi connectivity index (χ1) is 8.06. The monoisotopic (exact) mass is 232 g/mol. The van der Waals surface area contributed by atoms with Gasteiger partial charge in [-0.05, 0) is 24.6 Å². The van der Waals surface area contributed by atoms with Gasteiger partial charge < -0.3 is 10.2 Å². The molecule has 0 fully saturated rings. The van der Waals surface area contributed by atoms with Gasteiger partial charge in [-0.1, -0.05) is 11.2 Å². The van der Waals surface area contributed by atoms with Gasteiger partial charge in [-0.2, -0.15) is 0 Å². The van der Waals surface area contributed by atoms with Crippen molar-refractivity contribution in [3.63, 3.8) is 0 Å². The molecule has 17 heavy (non-hydrogen) atoms. The van der Waals surface area contributed by atoms with Gasteiger partial charge >= 0.3 is 6.01 Å². The number of anilines is 2. The summed E-state index contributed by atoms with van der Waals surface area (Å²) in [5, 5.41) is 9.77. The molecule has 0 spiro atoms. The van der Waals surface area contributed by atoms with Crippen LogP contribution in [0.5, 0.6) is 0 Å². The lowest BCUT2D eigenvalue weighted by Gasteiger charge is -2.03. The van der Waals surface area contributed by atoms with Gasteiger partial charge in [-0.3, -0.25) is 10.1 Å². The Morgan fingerprint density at radius 2 is 2.12 bits per heavy atom. The maximum Gasteiger partial charge on any atom is 0.322 e. The molecule has 6 heteroatoms. The molecule has 0 bridgehead atoms. The Morgan fingerprint density at radius 1 is 1.35 bits per heavy atom. The van der Waals surface area contributed by atoms with E-state index in [1.807, 2.05) is 6.92 Å². The minimum atomic E-state index is -0.333. The summed E-state index contributed by atoms with van der Waals surface area (Å²) in [5.41, 5.74) is 7.67.